The minimum absolute atomic E-state index is 0.0799. The summed E-state index contributed by atoms with van der Waals surface area (Å²) in [5.41, 5.74) is -0.687. The van der Waals surface area contributed by atoms with Crippen LogP contribution in [0.4, 0.5) is 0 Å². The molecule has 0 aromatic heterocycles. The van der Waals surface area contributed by atoms with E-state index in [2.05, 4.69) is 19.2 Å². The molecule has 0 amide bonds. The van der Waals surface area contributed by atoms with Gasteiger partial charge >= 0.3 is 5.97 Å². The molecule has 4 N–H and O–H groups in total. The highest BCUT2D eigenvalue weighted by atomic mass is 16.6. The zero-order valence-corrected chi connectivity index (χ0v) is 24.1. The second-order valence-corrected chi connectivity index (χ2v) is 10.8. The maximum absolute atomic E-state index is 13.7. The largest absolute Gasteiger partial charge is 0.512 e. The van der Waals surface area contributed by atoms with Gasteiger partial charge in [0, 0.05) is 36.4 Å². The van der Waals surface area contributed by atoms with Crippen LogP contribution in [0.5, 0.6) is 0 Å². The molecule has 0 spiro atoms. The third-order valence-electron chi connectivity index (χ3n) is 7.58. The predicted molar refractivity (Wildman–Crippen MR) is 157 cm³/mol. The van der Waals surface area contributed by atoms with Crippen molar-refractivity contribution in [2.24, 2.45) is 5.92 Å². The Morgan fingerprint density at radius 3 is 2.49 bits per heavy atom. The number of aliphatic hydroxyl groups is 3. The number of benzene rings is 1. The number of carbonyl (C=O) groups is 3. The number of ketones is 2. The summed E-state index contributed by atoms with van der Waals surface area (Å²) in [4.78, 5) is 38.7. The Kier molecular flexibility index (Phi) is 11.3. The van der Waals surface area contributed by atoms with E-state index in [1.54, 1.807) is 0 Å². The summed E-state index contributed by atoms with van der Waals surface area (Å²) < 4.78 is 5.49. The van der Waals surface area contributed by atoms with Gasteiger partial charge in [-0.3, -0.25) is 9.59 Å². The first-order valence-corrected chi connectivity index (χ1v) is 14.3. The molecule has 2 aliphatic rings. The van der Waals surface area contributed by atoms with E-state index >= 15 is 0 Å². The van der Waals surface area contributed by atoms with Crippen LogP contribution in [0.3, 0.4) is 0 Å². The van der Waals surface area contributed by atoms with Crippen molar-refractivity contribution in [2.45, 2.75) is 77.9 Å². The molecule has 3 rings (SSSR count). The Balaban J connectivity index is 1.84. The molecular weight excluding hydrogens is 522 g/mol. The smallest absolute Gasteiger partial charge is 0.343 e. The average molecular weight is 564 g/mol. The third kappa shape index (κ3) is 8.07. The summed E-state index contributed by atoms with van der Waals surface area (Å²) >= 11 is 0. The molecule has 1 heterocycles. The first-order valence-electron chi connectivity index (χ1n) is 14.3. The number of esters is 1. The van der Waals surface area contributed by atoms with Crippen molar-refractivity contribution in [3.63, 3.8) is 0 Å². The number of hydrogen-bond acceptors (Lipinski definition) is 8. The van der Waals surface area contributed by atoms with Crippen LogP contribution in [0.2, 0.25) is 0 Å². The first kappa shape index (κ1) is 31.6. The van der Waals surface area contributed by atoms with Crippen LogP contribution in [0, 0.1) is 5.92 Å². The summed E-state index contributed by atoms with van der Waals surface area (Å²) in [5.74, 6) is -2.03. The summed E-state index contributed by atoms with van der Waals surface area (Å²) in [5, 5.41) is 33.6. The van der Waals surface area contributed by atoms with Gasteiger partial charge in [0.2, 0.25) is 5.78 Å². The monoisotopic (exact) mass is 563 g/mol. The van der Waals surface area contributed by atoms with Crippen LogP contribution in [-0.4, -0.2) is 45.1 Å². The number of carbonyl (C=O) groups excluding carboxylic acids is 3. The highest BCUT2D eigenvalue weighted by molar-refractivity contribution is 6.17. The highest BCUT2D eigenvalue weighted by Gasteiger charge is 2.54. The van der Waals surface area contributed by atoms with E-state index in [4.69, 9.17) is 4.74 Å². The van der Waals surface area contributed by atoms with E-state index < -0.39 is 35.5 Å². The van der Waals surface area contributed by atoms with Crippen LogP contribution in [0.15, 0.2) is 88.6 Å². The molecule has 0 bridgehead atoms. The molecule has 1 aromatic carbocycles. The lowest BCUT2D eigenvalue weighted by molar-refractivity contribution is -0.151. The van der Waals surface area contributed by atoms with Crippen molar-refractivity contribution in [3.8, 4) is 0 Å². The van der Waals surface area contributed by atoms with E-state index in [1.165, 1.54) is 32.0 Å². The lowest BCUT2D eigenvalue weighted by Crippen LogP contribution is -2.41. The van der Waals surface area contributed by atoms with Crippen molar-refractivity contribution in [2.75, 3.05) is 6.61 Å². The van der Waals surface area contributed by atoms with Gasteiger partial charge in [0.05, 0.1) is 5.76 Å². The number of fused-ring (bicyclic) bond motifs is 1. The minimum Gasteiger partial charge on any atom is -0.512 e. The van der Waals surface area contributed by atoms with Crippen molar-refractivity contribution >= 4 is 17.5 Å². The quantitative estimate of drug-likeness (QED) is 0.0993. The van der Waals surface area contributed by atoms with Crippen molar-refractivity contribution in [1.82, 2.24) is 5.32 Å². The topological polar surface area (TPSA) is 133 Å². The fraction of sp³-hybridized carbons (Fsp3) is 0.424. The summed E-state index contributed by atoms with van der Waals surface area (Å²) in [6.45, 7) is 5.49. The molecule has 2 atom stereocenters. The van der Waals surface area contributed by atoms with E-state index in [9.17, 15) is 29.7 Å². The SMILES string of the molecule is CCC(C)CCCCCCC(O)=CC(O)=C1C(=O)OC2(C)C(=O)C(=CNCc3ccccc3)C(=CC(=O)CO)C=C12. The number of allylic oxidation sites excluding steroid dienone is 4. The molecule has 8 heteroatoms. The molecular formula is C33H41NO7. The van der Waals surface area contributed by atoms with E-state index in [-0.39, 0.29) is 28.1 Å². The molecule has 1 aliphatic heterocycles. The maximum Gasteiger partial charge on any atom is 0.343 e. The Morgan fingerprint density at radius 1 is 1.10 bits per heavy atom. The third-order valence-corrected chi connectivity index (χ3v) is 7.58. The molecule has 1 saturated heterocycles. The molecule has 220 valence electrons. The summed E-state index contributed by atoms with van der Waals surface area (Å²) in [6, 6.07) is 9.48. The van der Waals surface area contributed by atoms with Gasteiger partial charge < -0.3 is 25.4 Å². The normalized spacial score (nSPS) is 22.8. The summed E-state index contributed by atoms with van der Waals surface area (Å²) in [7, 11) is 0. The number of hydrogen-bond donors (Lipinski definition) is 4. The lowest BCUT2D eigenvalue weighted by atomic mass is 9.76. The molecule has 1 aliphatic carbocycles. The Hall–Kier alpha value is -3.91. The molecule has 0 radical (unpaired) electrons. The second-order valence-electron chi connectivity index (χ2n) is 10.8. The fourth-order valence-electron chi connectivity index (χ4n) is 4.90. The summed E-state index contributed by atoms with van der Waals surface area (Å²) in [6.07, 6.45) is 11.7. The van der Waals surface area contributed by atoms with Crippen molar-refractivity contribution < 1.29 is 34.4 Å². The van der Waals surface area contributed by atoms with Gasteiger partial charge in [0.1, 0.15) is 17.9 Å². The molecule has 1 aromatic rings. The Bertz CT molecular complexity index is 1290. The van der Waals surface area contributed by atoms with E-state index in [0.717, 1.165) is 43.4 Å². The van der Waals surface area contributed by atoms with Crippen LogP contribution in [0.25, 0.3) is 0 Å². The predicted octanol–water partition coefficient (Wildman–Crippen LogP) is 5.61. The Labute approximate surface area is 241 Å². The minimum atomic E-state index is -1.74. The number of rotatable bonds is 14. The van der Waals surface area contributed by atoms with Crippen LogP contribution >= 0.6 is 0 Å². The van der Waals surface area contributed by atoms with Gasteiger partial charge in [-0.1, -0.05) is 76.3 Å². The number of Topliss-reactive ketones (excluding diaryl/α,β-unsaturated/α-hetero) is 1. The number of aliphatic hydroxyl groups excluding tert-OH is 3. The van der Waals surface area contributed by atoms with Gasteiger partial charge in [-0.25, -0.2) is 4.79 Å². The van der Waals surface area contributed by atoms with Crippen molar-refractivity contribution in [3.05, 3.63) is 94.1 Å². The van der Waals surface area contributed by atoms with Gasteiger partial charge in [-0.15, -0.1) is 0 Å². The first-order chi connectivity index (χ1) is 19.6. The van der Waals surface area contributed by atoms with Crippen molar-refractivity contribution in [1.29, 1.82) is 0 Å². The lowest BCUT2D eigenvalue weighted by Gasteiger charge is -2.29. The van der Waals surface area contributed by atoms with Gasteiger partial charge in [0.25, 0.3) is 0 Å². The van der Waals surface area contributed by atoms with Gasteiger partial charge in [-0.2, -0.15) is 0 Å². The zero-order chi connectivity index (χ0) is 30.0. The molecule has 8 nitrogen and oxygen atoms in total. The second kappa shape index (κ2) is 14.6. The van der Waals surface area contributed by atoms with Crippen LogP contribution in [0.1, 0.15) is 71.3 Å². The van der Waals surface area contributed by atoms with Gasteiger partial charge in [0.15, 0.2) is 11.4 Å². The van der Waals surface area contributed by atoms with Crippen LogP contribution in [-0.2, 0) is 25.7 Å². The van der Waals surface area contributed by atoms with Gasteiger partial charge in [-0.05, 0) is 42.6 Å². The molecule has 2 unspecified atom stereocenters. The van der Waals surface area contributed by atoms with E-state index in [1.807, 2.05) is 30.3 Å². The fourth-order valence-corrected chi connectivity index (χ4v) is 4.90. The number of unbranched alkanes of at least 4 members (excludes halogenated alkanes) is 3. The Morgan fingerprint density at radius 2 is 1.80 bits per heavy atom. The maximum atomic E-state index is 13.7. The molecule has 1 fully saturated rings. The zero-order valence-electron chi connectivity index (χ0n) is 24.1. The molecule has 41 heavy (non-hydrogen) atoms. The number of nitrogens with one attached hydrogen (secondary N) is 1. The standard InChI is InChI=1S/C33H41NO7/c1-4-22(2)12-8-5-6-11-15-25(36)18-29(38)30-28-17-24(16-26(37)21-35)27(31(39)33(28,3)41-32(30)40)20-34-19-23-13-9-7-10-14-23/h7,9-10,13-14,16-18,20,22,34-36,38H,4-6,8,11-12,15,19,21H2,1-3H3. The van der Waals surface area contributed by atoms with E-state index in [0.29, 0.717) is 18.9 Å². The highest BCUT2D eigenvalue weighted by Crippen LogP contribution is 2.45. The number of ether oxygens (including phenoxy) is 1. The average Bonchev–Trinajstić information content (AvgIpc) is 3.22. The molecule has 0 saturated carbocycles. The van der Waals surface area contributed by atoms with Crippen LogP contribution < -0.4 is 5.32 Å².